The van der Waals surface area contributed by atoms with E-state index in [1.807, 2.05) is 11.9 Å². The number of amides is 3. The summed E-state index contributed by atoms with van der Waals surface area (Å²) in [6.45, 7) is 4.00. The Kier molecular flexibility index (Phi) is 8.24. The maximum absolute atomic E-state index is 13.0. The topological polar surface area (TPSA) is 90.8 Å². The molecule has 3 heterocycles. The first-order chi connectivity index (χ1) is 16.4. The Bertz CT molecular complexity index is 885. The van der Waals surface area contributed by atoms with E-state index in [4.69, 9.17) is 0 Å². The molecule has 9 heteroatoms. The van der Waals surface area contributed by atoms with Gasteiger partial charge < -0.3 is 20.0 Å². The largest absolute Gasteiger partial charge is 0.355 e. The quantitative estimate of drug-likeness (QED) is 0.622. The number of hydrogen-bond donors (Lipinski definition) is 1. The molecule has 0 radical (unpaired) electrons. The lowest BCUT2D eigenvalue weighted by Gasteiger charge is -2.31. The molecule has 0 bridgehead atoms. The SMILES string of the molecule is CN(CCNC(=O)CCC(=O)N1CCc2c(c(C(=O)N3CCCC3)nn2C)C1)C1CCCCC1. The van der Waals surface area contributed by atoms with Crippen LogP contribution in [-0.2, 0) is 29.6 Å². The van der Waals surface area contributed by atoms with E-state index in [0.717, 1.165) is 43.7 Å². The number of fused-ring (bicyclic) bond motifs is 1. The van der Waals surface area contributed by atoms with E-state index in [0.29, 0.717) is 37.8 Å². The minimum Gasteiger partial charge on any atom is -0.355 e. The molecule has 2 fully saturated rings. The van der Waals surface area contributed by atoms with E-state index in [1.54, 1.807) is 9.58 Å². The van der Waals surface area contributed by atoms with Crippen molar-refractivity contribution in [1.29, 1.82) is 0 Å². The van der Waals surface area contributed by atoms with Crippen LogP contribution in [0.5, 0.6) is 0 Å². The number of likely N-dealkylation sites (tertiary alicyclic amines) is 1. The highest BCUT2D eigenvalue weighted by Crippen LogP contribution is 2.25. The summed E-state index contributed by atoms with van der Waals surface area (Å²) in [6, 6.07) is 0.631. The van der Waals surface area contributed by atoms with Gasteiger partial charge in [-0.15, -0.1) is 0 Å². The molecule has 1 N–H and O–H groups in total. The van der Waals surface area contributed by atoms with E-state index in [-0.39, 0.29) is 30.6 Å². The lowest BCUT2D eigenvalue weighted by molar-refractivity contribution is -0.134. The molecule has 2 aliphatic heterocycles. The number of carbonyl (C=O) groups excluding carboxylic acids is 3. The van der Waals surface area contributed by atoms with Gasteiger partial charge in [-0.2, -0.15) is 5.10 Å². The van der Waals surface area contributed by atoms with E-state index >= 15 is 0 Å². The van der Waals surface area contributed by atoms with Crippen molar-refractivity contribution in [2.75, 3.05) is 39.8 Å². The van der Waals surface area contributed by atoms with Crippen molar-refractivity contribution < 1.29 is 14.4 Å². The number of aromatic nitrogens is 2. The highest BCUT2D eigenvalue weighted by molar-refractivity contribution is 5.94. The minimum absolute atomic E-state index is 0.0266. The predicted molar refractivity (Wildman–Crippen MR) is 129 cm³/mol. The molecule has 1 aliphatic carbocycles. The molecule has 0 aromatic carbocycles. The number of carbonyl (C=O) groups is 3. The molecule has 0 spiro atoms. The molecule has 3 amide bonds. The van der Waals surface area contributed by atoms with Crippen LogP contribution < -0.4 is 5.32 Å². The zero-order valence-electron chi connectivity index (χ0n) is 20.9. The Morgan fingerprint density at radius 1 is 1.00 bits per heavy atom. The Morgan fingerprint density at radius 3 is 2.47 bits per heavy atom. The summed E-state index contributed by atoms with van der Waals surface area (Å²) >= 11 is 0. The van der Waals surface area contributed by atoms with Crippen molar-refractivity contribution in [2.45, 2.75) is 76.8 Å². The molecule has 0 atom stereocenters. The molecular formula is C25H40N6O3. The van der Waals surface area contributed by atoms with Gasteiger partial charge in [-0.1, -0.05) is 19.3 Å². The van der Waals surface area contributed by atoms with E-state index in [9.17, 15) is 14.4 Å². The van der Waals surface area contributed by atoms with Crippen LogP contribution >= 0.6 is 0 Å². The van der Waals surface area contributed by atoms with Crippen LogP contribution in [0.4, 0.5) is 0 Å². The third-order valence-corrected chi connectivity index (χ3v) is 7.74. The fraction of sp³-hybridized carbons (Fsp3) is 0.760. The summed E-state index contributed by atoms with van der Waals surface area (Å²) < 4.78 is 1.79. The standard InChI is InChI=1S/C25H40N6O3/c1-28(19-8-4-3-5-9-19)17-13-26-22(32)10-11-23(33)31-16-12-21-20(18-31)24(27-29(21)2)25(34)30-14-6-7-15-30/h19H,3-18H2,1-2H3,(H,26,32). The lowest BCUT2D eigenvalue weighted by Crippen LogP contribution is -2.40. The number of nitrogens with zero attached hydrogens (tertiary/aromatic N) is 5. The number of likely N-dealkylation sites (N-methyl/N-ethyl adjacent to an activating group) is 1. The van der Waals surface area contributed by atoms with Crippen LogP contribution in [0, 0.1) is 0 Å². The highest BCUT2D eigenvalue weighted by atomic mass is 16.2. The minimum atomic E-state index is -0.0747. The summed E-state index contributed by atoms with van der Waals surface area (Å²) in [7, 11) is 4.00. The van der Waals surface area contributed by atoms with Crippen LogP contribution in [-0.4, -0.2) is 88.0 Å². The Morgan fingerprint density at radius 2 is 1.74 bits per heavy atom. The van der Waals surface area contributed by atoms with Crippen molar-refractivity contribution in [1.82, 2.24) is 29.8 Å². The number of hydrogen-bond acceptors (Lipinski definition) is 5. The molecule has 1 aromatic heterocycles. The fourth-order valence-corrected chi connectivity index (χ4v) is 5.59. The third kappa shape index (κ3) is 5.79. The number of rotatable bonds is 8. The summed E-state index contributed by atoms with van der Waals surface area (Å²) in [4.78, 5) is 44.1. The Hall–Kier alpha value is -2.42. The van der Waals surface area contributed by atoms with Crippen molar-refractivity contribution in [3.8, 4) is 0 Å². The average Bonchev–Trinajstić information content (AvgIpc) is 3.51. The van der Waals surface area contributed by atoms with Crippen molar-refractivity contribution in [2.24, 2.45) is 7.05 Å². The normalized spacial score (nSPS) is 18.9. The summed E-state index contributed by atoms with van der Waals surface area (Å²) in [5, 5.41) is 7.48. The van der Waals surface area contributed by atoms with Crippen LogP contribution in [0.25, 0.3) is 0 Å². The molecule has 9 nitrogen and oxygen atoms in total. The maximum Gasteiger partial charge on any atom is 0.274 e. The summed E-state index contributed by atoms with van der Waals surface area (Å²) in [6.07, 6.45) is 9.56. The van der Waals surface area contributed by atoms with E-state index < -0.39 is 0 Å². The Labute approximate surface area is 202 Å². The molecular weight excluding hydrogens is 432 g/mol. The molecule has 0 unspecified atom stereocenters. The fourth-order valence-electron chi connectivity index (χ4n) is 5.59. The van der Waals surface area contributed by atoms with Crippen LogP contribution in [0.1, 0.15) is 79.5 Å². The average molecular weight is 473 g/mol. The molecule has 4 rings (SSSR count). The first-order valence-electron chi connectivity index (χ1n) is 13.0. The second-order valence-corrected chi connectivity index (χ2v) is 10.1. The molecule has 34 heavy (non-hydrogen) atoms. The maximum atomic E-state index is 13.0. The predicted octanol–water partition coefficient (Wildman–Crippen LogP) is 1.70. The summed E-state index contributed by atoms with van der Waals surface area (Å²) in [5.74, 6) is -0.140. The molecule has 3 aliphatic rings. The zero-order chi connectivity index (χ0) is 24.1. The van der Waals surface area contributed by atoms with Crippen molar-refractivity contribution in [3.05, 3.63) is 17.0 Å². The van der Waals surface area contributed by atoms with Gasteiger partial charge >= 0.3 is 0 Å². The molecule has 1 aromatic rings. The second-order valence-electron chi connectivity index (χ2n) is 10.1. The Balaban J connectivity index is 1.23. The van der Waals surface area contributed by atoms with Gasteiger partial charge in [0.25, 0.3) is 5.91 Å². The van der Waals surface area contributed by atoms with Gasteiger partial charge in [0.2, 0.25) is 11.8 Å². The van der Waals surface area contributed by atoms with Crippen LogP contribution in [0.15, 0.2) is 0 Å². The van der Waals surface area contributed by atoms with Gasteiger partial charge in [-0.3, -0.25) is 19.1 Å². The second kappa shape index (κ2) is 11.3. The number of nitrogens with one attached hydrogen (secondary N) is 1. The number of aryl methyl sites for hydroxylation is 1. The first-order valence-corrected chi connectivity index (χ1v) is 13.0. The van der Waals surface area contributed by atoms with Gasteiger partial charge in [-0.05, 0) is 32.7 Å². The third-order valence-electron chi connectivity index (χ3n) is 7.74. The monoisotopic (exact) mass is 472 g/mol. The van der Waals surface area contributed by atoms with E-state index in [1.165, 1.54) is 32.1 Å². The smallest absolute Gasteiger partial charge is 0.274 e. The first kappa shape index (κ1) is 24.7. The van der Waals surface area contributed by atoms with Crippen LogP contribution in [0.3, 0.4) is 0 Å². The van der Waals surface area contributed by atoms with Gasteiger partial charge in [0.15, 0.2) is 5.69 Å². The van der Waals surface area contributed by atoms with Crippen molar-refractivity contribution in [3.63, 3.8) is 0 Å². The van der Waals surface area contributed by atoms with Gasteiger partial charge in [0.05, 0.1) is 0 Å². The van der Waals surface area contributed by atoms with Crippen LogP contribution in [0.2, 0.25) is 0 Å². The molecule has 1 saturated heterocycles. The van der Waals surface area contributed by atoms with Gasteiger partial charge in [-0.25, -0.2) is 0 Å². The summed E-state index contributed by atoms with van der Waals surface area (Å²) in [5.41, 5.74) is 2.39. The molecule has 188 valence electrons. The molecule has 1 saturated carbocycles. The van der Waals surface area contributed by atoms with E-state index in [2.05, 4.69) is 22.4 Å². The lowest BCUT2D eigenvalue weighted by atomic mass is 9.94. The van der Waals surface area contributed by atoms with Crippen molar-refractivity contribution >= 4 is 17.7 Å². The van der Waals surface area contributed by atoms with Gasteiger partial charge in [0.1, 0.15) is 0 Å². The van der Waals surface area contributed by atoms with Gasteiger partial charge in [0, 0.05) is 82.9 Å². The highest BCUT2D eigenvalue weighted by Gasteiger charge is 2.32. The zero-order valence-corrected chi connectivity index (χ0v) is 20.9.